The highest BCUT2D eigenvalue weighted by atomic mass is 16.3. The van der Waals surface area contributed by atoms with Crippen molar-refractivity contribution < 1.29 is 20.4 Å². The van der Waals surface area contributed by atoms with Crippen LogP contribution in [-0.4, -0.2) is 20.4 Å². The van der Waals surface area contributed by atoms with Crippen LogP contribution in [0.15, 0.2) is 36.4 Å². The van der Waals surface area contributed by atoms with Gasteiger partial charge in [0.05, 0.1) is 0 Å². The first-order valence-electron chi connectivity index (χ1n) is 7.25. The normalized spacial score (nSPS) is 13.0. The highest BCUT2D eigenvalue weighted by Gasteiger charge is 2.29. The minimum Gasteiger partial charge on any atom is -0.504 e. The molecule has 0 aliphatic carbocycles. The molecular formula is C18H22O4. The second kappa shape index (κ2) is 5.79. The quantitative estimate of drug-likeness (QED) is 0.650. The standard InChI is InChI=1S/C18H22O4/c1-11(8-12-4-6-14(19)16(21)9-12)18(2,3)13-5-7-15(20)17(22)10-13/h4-7,9-11,19-22H,8H2,1-3H3. The molecule has 22 heavy (non-hydrogen) atoms. The van der Waals surface area contributed by atoms with E-state index in [1.807, 2.05) is 0 Å². The molecule has 0 aromatic heterocycles. The number of hydrogen-bond acceptors (Lipinski definition) is 4. The van der Waals surface area contributed by atoms with Crippen LogP contribution in [0.4, 0.5) is 0 Å². The molecule has 0 amide bonds. The summed E-state index contributed by atoms with van der Waals surface area (Å²) in [5.74, 6) is -0.292. The molecule has 1 atom stereocenters. The van der Waals surface area contributed by atoms with Crippen molar-refractivity contribution in [1.29, 1.82) is 0 Å². The van der Waals surface area contributed by atoms with Gasteiger partial charge in [0.2, 0.25) is 0 Å². The number of benzene rings is 2. The van der Waals surface area contributed by atoms with Gasteiger partial charge in [0.1, 0.15) is 0 Å². The maximum absolute atomic E-state index is 9.69. The Kier molecular flexibility index (Phi) is 4.22. The summed E-state index contributed by atoms with van der Waals surface area (Å²) in [7, 11) is 0. The Bertz CT molecular complexity index is 677. The smallest absolute Gasteiger partial charge is 0.157 e. The molecule has 0 fully saturated rings. The van der Waals surface area contributed by atoms with Crippen LogP contribution in [0.5, 0.6) is 23.0 Å². The van der Waals surface area contributed by atoms with Crippen molar-refractivity contribution >= 4 is 0 Å². The van der Waals surface area contributed by atoms with E-state index in [0.29, 0.717) is 6.42 Å². The van der Waals surface area contributed by atoms with E-state index in [-0.39, 0.29) is 34.3 Å². The second-order valence-electron chi connectivity index (χ2n) is 6.35. The lowest BCUT2D eigenvalue weighted by Crippen LogP contribution is -2.28. The number of phenolic OH excluding ortho intramolecular Hbond substituents is 4. The Hall–Kier alpha value is -2.36. The van der Waals surface area contributed by atoms with Gasteiger partial charge in [-0.2, -0.15) is 0 Å². The number of phenols is 4. The van der Waals surface area contributed by atoms with Crippen LogP contribution < -0.4 is 0 Å². The largest absolute Gasteiger partial charge is 0.504 e. The first kappa shape index (κ1) is 16.0. The molecule has 0 aliphatic heterocycles. The topological polar surface area (TPSA) is 80.9 Å². The van der Waals surface area contributed by atoms with Gasteiger partial charge in [0.25, 0.3) is 0 Å². The van der Waals surface area contributed by atoms with E-state index in [4.69, 9.17) is 0 Å². The van der Waals surface area contributed by atoms with Crippen LogP contribution in [0.2, 0.25) is 0 Å². The van der Waals surface area contributed by atoms with E-state index in [1.54, 1.807) is 24.3 Å². The summed E-state index contributed by atoms with van der Waals surface area (Å²) in [6.07, 6.45) is 0.711. The summed E-state index contributed by atoms with van der Waals surface area (Å²) in [6.45, 7) is 6.24. The average Bonchev–Trinajstić information content (AvgIpc) is 2.45. The Balaban J connectivity index is 2.23. The molecule has 0 saturated heterocycles. The molecule has 2 aromatic rings. The zero-order valence-electron chi connectivity index (χ0n) is 13.0. The third-order valence-electron chi connectivity index (χ3n) is 4.53. The van der Waals surface area contributed by atoms with Crippen LogP contribution in [-0.2, 0) is 11.8 Å². The predicted octanol–water partition coefficient (Wildman–Crippen LogP) is 3.67. The lowest BCUT2D eigenvalue weighted by atomic mass is 9.72. The summed E-state index contributed by atoms with van der Waals surface area (Å²) >= 11 is 0. The van der Waals surface area contributed by atoms with E-state index < -0.39 is 0 Å². The molecule has 2 rings (SSSR count). The van der Waals surface area contributed by atoms with E-state index >= 15 is 0 Å². The molecule has 2 aromatic carbocycles. The van der Waals surface area contributed by atoms with Gasteiger partial charge >= 0.3 is 0 Å². The number of hydrogen-bond donors (Lipinski definition) is 4. The summed E-state index contributed by atoms with van der Waals surface area (Å²) in [5, 5.41) is 38.1. The van der Waals surface area contributed by atoms with E-state index in [9.17, 15) is 20.4 Å². The van der Waals surface area contributed by atoms with Crippen molar-refractivity contribution in [2.45, 2.75) is 32.6 Å². The monoisotopic (exact) mass is 302 g/mol. The van der Waals surface area contributed by atoms with Crippen molar-refractivity contribution in [1.82, 2.24) is 0 Å². The minimum absolute atomic E-state index is 0.121. The number of aromatic hydroxyl groups is 4. The van der Waals surface area contributed by atoms with Gasteiger partial charge < -0.3 is 20.4 Å². The summed E-state index contributed by atoms with van der Waals surface area (Å²) in [5.41, 5.74) is 1.62. The fraction of sp³-hybridized carbons (Fsp3) is 0.333. The van der Waals surface area contributed by atoms with Crippen molar-refractivity contribution in [3.8, 4) is 23.0 Å². The molecular weight excluding hydrogens is 280 g/mol. The Morgan fingerprint density at radius 1 is 0.818 bits per heavy atom. The van der Waals surface area contributed by atoms with Crippen molar-refractivity contribution in [2.75, 3.05) is 0 Å². The van der Waals surface area contributed by atoms with Crippen molar-refractivity contribution in [3.05, 3.63) is 47.5 Å². The molecule has 1 unspecified atom stereocenters. The second-order valence-corrected chi connectivity index (χ2v) is 6.35. The maximum Gasteiger partial charge on any atom is 0.157 e. The molecule has 4 N–H and O–H groups in total. The van der Waals surface area contributed by atoms with E-state index in [2.05, 4.69) is 20.8 Å². The van der Waals surface area contributed by atoms with Crippen LogP contribution in [0.1, 0.15) is 31.9 Å². The molecule has 0 spiro atoms. The average molecular weight is 302 g/mol. The van der Waals surface area contributed by atoms with Gasteiger partial charge in [-0.15, -0.1) is 0 Å². The highest BCUT2D eigenvalue weighted by Crippen LogP contribution is 2.38. The molecule has 4 nitrogen and oxygen atoms in total. The Morgan fingerprint density at radius 3 is 1.91 bits per heavy atom. The van der Waals surface area contributed by atoms with Gasteiger partial charge in [-0.25, -0.2) is 0 Å². The molecule has 0 aliphatic rings. The molecule has 0 heterocycles. The van der Waals surface area contributed by atoms with E-state index in [1.165, 1.54) is 12.1 Å². The fourth-order valence-corrected chi connectivity index (χ4v) is 2.51. The SMILES string of the molecule is CC(Cc1ccc(O)c(O)c1)C(C)(C)c1ccc(O)c(O)c1. The van der Waals surface area contributed by atoms with Crippen LogP contribution in [0, 0.1) is 5.92 Å². The van der Waals surface area contributed by atoms with Gasteiger partial charge in [-0.05, 0) is 53.1 Å². The van der Waals surface area contributed by atoms with Gasteiger partial charge in [0.15, 0.2) is 23.0 Å². The van der Waals surface area contributed by atoms with E-state index in [0.717, 1.165) is 11.1 Å². The lowest BCUT2D eigenvalue weighted by Gasteiger charge is -2.33. The summed E-state index contributed by atoms with van der Waals surface area (Å²) < 4.78 is 0. The molecule has 0 saturated carbocycles. The van der Waals surface area contributed by atoms with Crippen molar-refractivity contribution in [2.24, 2.45) is 5.92 Å². The maximum atomic E-state index is 9.69. The predicted molar refractivity (Wildman–Crippen MR) is 85.4 cm³/mol. The Morgan fingerprint density at radius 2 is 1.36 bits per heavy atom. The fourth-order valence-electron chi connectivity index (χ4n) is 2.51. The van der Waals surface area contributed by atoms with Crippen LogP contribution in [0.25, 0.3) is 0 Å². The van der Waals surface area contributed by atoms with Gasteiger partial charge in [0, 0.05) is 0 Å². The summed E-state index contributed by atoms with van der Waals surface area (Å²) in [4.78, 5) is 0. The Labute approximate surface area is 130 Å². The third-order valence-corrected chi connectivity index (χ3v) is 4.53. The molecule has 0 radical (unpaired) electrons. The lowest BCUT2D eigenvalue weighted by molar-refractivity contribution is 0.337. The van der Waals surface area contributed by atoms with Crippen molar-refractivity contribution in [3.63, 3.8) is 0 Å². The summed E-state index contributed by atoms with van der Waals surface area (Å²) in [6, 6.07) is 9.72. The molecule has 118 valence electrons. The zero-order valence-corrected chi connectivity index (χ0v) is 13.0. The molecule has 0 bridgehead atoms. The molecule has 4 heteroatoms. The van der Waals surface area contributed by atoms with Crippen LogP contribution >= 0.6 is 0 Å². The van der Waals surface area contributed by atoms with Crippen LogP contribution in [0.3, 0.4) is 0 Å². The third kappa shape index (κ3) is 3.11. The zero-order chi connectivity index (χ0) is 16.5. The number of rotatable bonds is 4. The van der Waals surface area contributed by atoms with Gasteiger partial charge in [-0.3, -0.25) is 0 Å². The minimum atomic E-state index is -0.237. The van der Waals surface area contributed by atoms with Gasteiger partial charge in [-0.1, -0.05) is 32.9 Å². The highest BCUT2D eigenvalue weighted by molar-refractivity contribution is 5.44. The first-order chi connectivity index (χ1) is 10.2. The first-order valence-corrected chi connectivity index (χ1v) is 7.25.